The van der Waals surface area contributed by atoms with Crippen LogP contribution in [0.2, 0.25) is 0 Å². The van der Waals surface area contributed by atoms with Gasteiger partial charge < -0.3 is 4.74 Å². The van der Waals surface area contributed by atoms with Gasteiger partial charge in [-0.15, -0.1) is 0 Å². The Morgan fingerprint density at radius 2 is 2.14 bits per heavy atom. The Balaban J connectivity index is 1.87. The van der Waals surface area contributed by atoms with Crippen LogP contribution in [0.5, 0.6) is 0 Å². The number of ether oxygens (including phenoxy) is 1. The van der Waals surface area contributed by atoms with Crippen LogP contribution in [0.1, 0.15) is 26.2 Å². The number of rotatable bonds is 4. The van der Waals surface area contributed by atoms with Gasteiger partial charge in [0, 0.05) is 12.5 Å². The van der Waals surface area contributed by atoms with Gasteiger partial charge in [0.25, 0.3) is 0 Å². The number of Topliss-reactive ketones (excluding diaryl/α,β-unsaturated/α-hetero) is 1. The van der Waals surface area contributed by atoms with Gasteiger partial charge >= 0.3 is 0 Å². The molecular formula is C11H19NO2. The summed E-state index contributed by atoms with van der Waals surface area (Å²) in [5, 5.41) is 0. The molecule has 0 aromatic rings. The summed E-state index contributed by atoms with van der Waals surface area (Å²) in [6, 6.07) is 0.0778. The average Bonchev–Trinajstić information content (AvgIpc) is 2.23. The van der Waals surface area contributed by atoms with Gasteiger partial charge in [0.1, 0.15) is 0 Å². The van der Waals surface area contributed by atoms with E-state index in [1.54, 1.807) is 0 Å². The van der Waals surface area contributed by atoms with E-state index in [4.69, 9.17) is 4.74 Å². The fourth-order valence-electron chi connectivity index (χ4n) is 2.47. The summed E-state index contributed by atoms with van der Waals surface area (Å²) in [7, 11) is 0. The molecule has 0 aromatic carbocycles. The Bertz CT molecular complexity index is 209. The number of hydrogen-bond donors (Lipinski definition) is 0. The van der Waals surface area contributed by atoms with Crippen LogP contribution >= 0.6 is 0 Å². The van der Waals surface area contributed by atoms with E-state index in [0.717, 1.165) is 39.0 Å². The van der Waals surface area contributed by atoms with Gasteiger partial charge in [-0.25, -0.2) is 0 Å². The molecule has 3 rings (SSSR count). The number of fused-ring (bicyclic) bond motifs is 3. The minimum Gasteiger partial charge on any atom is -0.379 e. The highest BCUT2D eigenvalue weighted by molar-refractivity contribution is 5.88. The van der Waals surface area contributed by atoms with Crippen molar-refractivity contribution in [1.82, 2.24) is 4.90 Å². The van der Waals surface area contributed by atoms with Gasteiger partial charge in [-0.3, -0.25) is 9.69 Å². The second-order valence-corrected chi connectivity index (χ2v) is 4.30. The minimum absolute atomic E-state index is 0.0778. The van der Waals surface area contributed by atoms with E-state index in [-0.39, 0.29) is 6.04 Å². The van der Waals surface area contributed by atoms with E-state index in [1.807, 2.05) is 0 Å². The van der Waals surface area contributed by atoms with Gasteiger partial charge in [-0.1, -0.05) is 6.92 Å². The summed E-state index contributed by atoms with van der Waals surface area (Å²) in [6.45, 7) is 5.67. The first-order chi connectivity index (χ1) is 6.83. The lowest BCUT2D eigenvalue weighted by atomic mass is 9.82. The Labute approximate surface area is 85.4 Å². The third kappa shape index (κ3) is 1.84. The Morgan fingerprint density at radius 3 is 2.71 bits per heavy atom. The molecule has 2 bridgehead atoms. The van der Waals surface area contributed by atoms with E-state index < -0.39 is 0 Å². The average molecular weight is 197 g/mol. The molecule has 3 fully saturated rings. The van der Waals surface area contributed by atoms with Crippen molar-refractivity contribution in [3.8, 4) is 0 Å². The van der Waals surface area contributed by atoms with Gasteiger partial charge in [0.2, 0.25) is 0 Å². The maximum Gasteiger partial charge on any atom is 0.155 e. The van der Waals surface area contributed by atoms with Crippen molar-refractivity contribution < 1.29 is 9.53 Å². The molecule has 3 aliphatic rings. The van der Waals surface area contributed by atoms with Crippen molar-refractivity contribution in [2.24, 2.45) is 5.92 Å². The Hall–Kier alpha value is -0.410. The number of ketones is 1. The molecule has 3 heteroatoms. The third-order valence-corrected chi connectivity index (χ3v) is 3.33. The van der Waals surface area contributed by atoms with E-state index in [2.05, 4.69) is 11.8 Å². The number of hydrogen-bond acceptors (Lipinski definition) is 3. The van der Waals surface area contributed by atoms with Crippen molar-refractivity contribution in [2.45, 2.75) is 32.2 Å². The van der Waals surface area contributed by atoms with Crippen LogP contribution in [-0.4, -0.2) is 43.0 Å². The van der Waals surface area contributed by atoms with E-state index >= 15 is 0 Å². The Kier molecular flexibility index (Phi) is 3.19. The van der Waals surface area contributed by atoms with E-state index in [9.17, 15) is 4.79 Å². The molecule has 0 saturated carbocycles. The largest absolute Gasteiger partial charge is 0.379 e. The monoisotopic (exact) mass is 197 g/mol. The zero-order valence-corrected chi connectivity index (χ0v) is 8.87. The van der Waals surface area contributed by atoms with Crippen LogP contribution in [0.15, 0.2) is 0 Å². The molecule has 3 nitrogen and oxygen atoms in total. The Morgan fingerprint density at radius 1 is 1.43 bits per heavy atom. The summed E-state index contributed by atoms with van der Waals surface area (Å²) < 4.78 is 5.48. The van der Waals surface area contributed by atoms with Crippen molar-refractivity contribution in [2.75, 3.05) is 26.3 Å². The van der Waals surface area contributed by atoms with Crippen molar-refractivity contribution in [3.05, 3.63) is 0 Å². The molecule has 14 heavy (non-hydrogen) atoms. The fourth-order valence-corrected chi connectivity index (χ4v) is 2.47. The van der Waals surface area contributed by atoms with Crippen molar-refractivity contribution in [1.29, 1.82) is 0 Å². The lowest BCUT2D eigenvalue weighted by Gasteiger charge is -2.43. The second kappa shape index (κ2) is 4.41. The van der Waals surface area contributed by atoms with Crippen LogP contribution in [0.4, 0.5) is 0 Å². The molecule has 0 aliphatic carbocycles. The highest BCUT2D eigenvalue weighted by Crippen LogP contribution is 2.28. The fraction of sp³-hybridized carbons (Fsp3) is 0.909. The molecule has 1 unspecified atom stereocenters. The zero-order valence-electron chi connectivity index (χ0n) is 8.87. The normalized spacial score (nSPS) is 36.4. The lowest BCUT2D eigenvalue weighted by molar-refractivity contribution is -0.140. The highest BCUT2D eigenvalue weighted by atomic mass is 16.5. The van der Waals surface area contributed by atoms with Gasteiger partial charge in [0.15, 0.2) is 5.78 Å². The molecule has 3 aliphatic heterocycles. The first-order valence-corrected chi connectivity index (χ1v) is 5.68. The van der Waals surface area contributed by atoms with Crippen molar-refractivity contribution >= 4 is 5.78 Å². The second-order valence-electron chi connectivity index (χ2n) is 4.30. The highest BCUT2D eigenvalue weighted by Gasteiger charge is 2.40. The number of piperidine rings is 3. The first-order valence-electron chi connectivity index (χ1n) is 5.68. The first kappa shape index (κ1) is 10.1. The van der Waals surface area contributed by atoms with Crippen LogP contribution in [0.3, 0.4) is 0 Å². The van der Waals surface area contributed by atoms with Gasteiger partial charge in [-0.2, -0.15) is 0 Å². The minimum atomic E-state index is 0.0778. The van der Waals surface area contributed by atoms with E-state index in [1.165, 1.54) is 0 Å². The van der Waals surface area contributed by atoms with Crippen LogP contribution in [-0.2, 0) is 9.53 Å². The molecule has 80 valence electrons. The summed E-state index contributed by atoms with van der Waals surface area (Å²) in [5.41, 5.74) is 0. The van der Waals surface area contributed by atoms with Crippen LogP contribution < -0.4 is 0 Å². The molecule has 3 heterocycles. The number of nitrogens with zero attached hydrogens (tertiary/aromatic N) is 1. The predicted octanol–water partition coefficient (Wildman–Crippen LogP) is 1.08. The molecule has 0 radical (unpaired) electrons. The zero-order chi connectivity index (χ0) is 9.97. The summed E-state index contributed by atoms with van der Waals surface area (Å²) in [4.78, 5) is 14.1. The van der Waals surface area contributed by atoms with Crippen LogP contribution in [0, 0.1) is 5.92 Å². The number of carbonyl (C=O) groups excluding carboxylic acids is 1. The summed E-state index contributed by atoms with van der Waals surface area (Å²) in [5.74, 6) is 0.772. The number of carbonyl (C=O) groups is 1. The maximum atomic E-state index is 11.9. The molecule has 0 spiro atoms. The molecule has 3 saturated heterocycles. The molecule has 0 N–H and O–H groups in total. The van der Waals surface area contributed by atoms with Gasteiger partial charge in [0.05, 0.1) is 12.6 Å². The quantitative estimate of drug-likeness (QED) is 0.631. The van der Waals surface area contributed by atoms with Crippen LogP contribution in [0.25, 0.3) is 0 Å². The van der Waals surface area contributed by atoms with Crippen molar-refractivity contribution in [3.63, 3.8) is 0 Å². The third-order valence-electron chi connectivity index (χ3n) is 3.33. The smallest absolute Gasteiger partial charge is 0.155 e. The lowest BCUT2D eigenvalue weighted by Crippen LogP contribution is -2.57. The molecular weight excluding hydrogens is 178 g/mol. The molecule has 0 aromatic heterocycles. The summed E-state index contributed by atoms with van der Waals surface area (Å²) in [6.07, 6.45) is 3.18. The predicted molar refractivity (Wildman–Crippen MR) is 54.2 cm³/mol. The topological polar surface area (TPSA) is 29.5 Å². The molecule has 1 atom stereocenters. The maximum absolute atomic E-state index is 11.9. The van der Waals surface area contributed by atoms with Gasteiger partial charge in [-0.05, 0) is 32.4 Å². The standard InChI is InChI=1S/C11H19NO2/c1-2-7-14-8-10-11(13)9-3-5-12(10)6-4-9/h9-10H,2-8H2,1H3. The summed E-state index contributed by atoms with van der Waals surface area (Å²) >= 11 is 0. The molecule has 0 amide bonds. The van der Waals surface area contributed by atoms with E-state index in [0.29, 0.717) is 18.3 Å². The SMILES string of the molecule is CCCOCC1C(=O)C2CCN1CC2.